The second-order valence-corrected chi connectivity index (χ2v) is 8.63. The molecule has 0 fully saturated rings. The minimum absolute atomic E-state index is 0.0692. The summed E-state index contributed by atoms with van der Waals surface area (Å²) < 4.78 is 28.8. The number of carbonyl (C=O) groups excluding carboxylic acids is 1. The number of sulfonamides is 1. The van der Waals surface area contributed by atoms with Crippen LogP contribution in [-0.2, 0) is 27.7 Å². The number of para-hydroxylation sites is 1. The van der Waals surface area contributed by atoms with E-state index in [4.69, 9.17) is 0 Å². The molecule has 0 spiro atoms. The molecule has 1 N–H and O–H groups in total. The maximum absolute atomic E-state index is 13.0. The molecule has 0 saturated heterocycles. The zero-order valence-corrected chi connectivity index (χ0v) is 15.8. The van der Waals surface area contributed by atoms with Gasteiger partial charge in [0.2, 0.25) is 5.91 Å². The molecule has 5 nitrogen and oxygen atoms in total. The number of nitrogens with one attached hydrogen (secondary N) is 1. The zero-order chi connectivity index (χ0) is 18.5. The van der Waals surface area contributed by atoms with Crippen LogP contribution in [0.1, 0.15) is 42.9 Å². The van der Waals surface area contributed by atoms with Crippen molar-refractivity contribution < 1.29 is 13.2 Å². The van der Waals surface area contributed by atoms with Crippen LogP contribution in [0.3, 0.4) is 0 Å². The van der Waals surface area contributed by atoms with E-state index in [0.717, 1.165) is 48.2 Å². The highest BCUT2D eigenvalue weighted by atomic mass is 32.2. The Bertz CT molecular complexity index is 998. The minimum atomic E-state index is -3.71. The van der Waals surface area contributed by atoms with Gasteiger partial charge in [-0.3, -0.25) is 9.52 Å². The molecular formula is C20H22N2O3S. The van der Waals surface area contributed by atoms with Crippen LogP contribution in [0.15, 0.2) is 41.3 Å². The quantitative estimate of drug-likeness (QED) is 0.896. The molecule has 0 radical (unpaired) electrons. The first-order chi connectivity index (χ1) is 12.4. The normalized spacial score (nSPS) is 18.8. The lowest BCUT2D eigenvalue weighted by atomic mass is 9.97. The topological polar surface area (TPSA) is 66.5 Å². The van der Waals surface area contributed by atoms with Gasteiger partial charge in [0.1, 0.15) is 0 Å². The van der Waals surface area contributed by atoms with Crippen molar-refractivity contribution in [1.82, 2.24) is 0 Å². The lowest BCUT2D eigenvalue weighted by Gasteiger charge is -2.26. The maximum atomic E-state index is 13.0. The van der Waals surface area contributed by atoms with E-state index in [1.807, 2.05) is 36.9 Å². The third-order valence-corrected chi connectivity index (χ3v) is 6.69. The highest BCUT2D eigenvalue weighted by Gasteiger charge is 2.38. The Hall–Kier alpha value is -2.34. The number of hydrogen-bond acceptors (Lipinski definition) is 3. The number of amides is 1. The van der Waals surface area contributed by atoms with Crippen LogP contribution in [0.4, 0.5) is 11.4 Å². The molecule has 2 aromatic rings. The molecule has 4 rings (SSSR count). The van der Waals surface area contributed by atoms with Gasteiger partial charge in [-0.15, -0.1) is 0 Å². The van der Waals surface area contributed by atoms with Crippen LogP contribution in [-0.4, -0.2) is 20.9 Å². The van der Waals surface area contributed by atoms with E-state index in [0.29, 0.717) is 5.69 Å². The number of rotatable bonds is 4. The van der Waals surface area contributed by atoms with Crippen molar-refractivity contribution in [2.75, 3.05) is 16.2 Å². The van der Waals surface area contributed by atoms with Crippen molar-refractivity contribution >= 4 is 27.3 Å². The Morgan fingerprint density at radius 2 is 2.00 bits per heavy atom. The number of anilines is 2. The summed E-state index contributed by atoms with van der Waals surface area (Å²) in [4.78, 5) is 14.5. The molecule has 0 aromatic heterocycles. The second-order valence-electron chi connectivity index (χ2n) is 6.95. The standard InChI is InChI=1S/C20H22N2O3S/c1-3-14-7-4-5-9-18(14)21-26(24,25)16-11-15-8-6-10-22-19(15)17(12-16)13(2)20(22)23/h4-5,7,9,11-13,21H,3,6,8,10H2,1-2H3. The van der Waals surface area contributed by atoms with Gasteiger partial charge in [0.15, 0.2) is 0 Å². The van der Waals surface area contributed by atoms with Gasteiger partial charge in [0, 0.05) is 6.54 Å². The SMILES string of the molecule is CCc1ccccc1NS(=O)(=O)c1cc2c3c(c1)C(C)C(=O)N3CCC2. The van der Waals surface area contributed by atoms with Crippen molar-refractivity contribution in [3.63, 3.8) is 0 Å². The Kier molecular flexibility index (Phi) is 4.03. The number of aryl methyl sites for hydroxylation is 2. The maximum Gasteiger partial charge on any atom is 0.261 e. The van der Waals surface area contributed by atoms with Crippen LogP contribution in [0.2, 0.25) is 0 Å². The van der Waals surface area contributed by atoms with Gasteiger partial charge in [-0.05, 0) is 61.1 Å². The number of benzene rings is 2. The first-order valence-corrected chi connectivity index (χ1v) is 10.5. The highest BCUT2D eigenvalue weighted by molar-refractivity contribution is 7.92. The first-order valence-electron chi connectivity index (χ1n) is 9.01. The summed E-state index contributed by atoms with van der Waals surface area (Å²) in [5.74, 6) is -0.222. The second kappa shape index (κ2) is 6.13. The zero-order valence-electron chi connectivity index (χ0n) is 15.0. The monoisotopic (exact) mass is 370 g/mol. The van der Waals surface area contributed by atoms with Crippen LogP contribution >= 0.6 is 0 Å². The summed E-state index contributed by atoms with van der Waals surface area (Å²) in [5.41, 5.74) is 4.27. The molecule has 0 aliphatic carbocycles. The highest BCUT2D eigenvalue weighted by Crippen LogP contribution is 2.44. The fourth-order valence-electron chi connectivity index (χ4n) is 3.95. The molecule has 0 saturated carbocycles. The molecule has 1 unspecified atom stereocenters. The number of nitrogens with zero attached hydrogens (tertiary/aromatic N) is 1. The van der Waals surface area contributed by atoms with Gasteiger partial charge in [0.05, 0.1) is 22.2 Å². The van der Waals surface area contributed by atoms with Gasteiger partial charge in [-0.2, -0.15) is 0 Å². The summed E-state index contributed by atoms with van der Waals surface area (Å²) in [6, 6.07) is 10.8. The third-order valence-electron chi connectivity index (χ3n) is 5.35. The Labute approximate surface area is 154 Å². The van der Waals surface area contributed by atoms with Gasteiger partial charge < -0.3 is 4.90 Å². The largest absolute Gasteiger partial charge is 0.311 e. The van der Waals surface area contributed by atoms with Gasteiger partial charge >= 0.3 is 0 Å². The van der Waals surface area contributed by atoms with Crippen LogP contribution < -0.4 is 9.62 Å². The molecule has 1 amide bonds. The van der Waals surface area contributed by atoms with E-state index >= 15 is 0 Å². The van der Waals surface area contributed by atoms with Crippen molar-refractivity contribution in [3.05, 3.63) is 53.1 Å². The molecule has 26 heavy (non-hydrogen) atoms. The average molecular weight is 370 g/mol. The van der Waals surface area contributed by atoms with Crippen molar-refractivity contribution in [2.45, 2.75) is 43.9 Å². The summed E-state index contributed by atoms with van der Waals surface area (Å²) in [5, 5.41) is 0. The predicted molar refractivity (Wildman–Crippen MR) is 102 cm³/mol. The van der Waals surface area contributed by atoms with Gasteiger partial charge in [0.25, 0.3) is 10.0 Å². The molecule has 2 aliphatic rings. The molecule has 136 valence electrons. The van der Waals surface area contributed by atoms with E-state index < -0.39 is 10.0 Å². The first kappa shape index (κ1) is 17.1. The van der Waals surface area contributed by atoms with Crippen molar-refractivity contribution in [3.8, 4) is 0 Å². The molecule has 6 heteroatoms. The number of hydrogen-bond donors (Lipinski definition) is 1. The lowest BCUT2D eigenvalue weighted by Crippen LogP contribution is -2.32. The smallest absolute Gasteiger partial charge is 0.261 e. The van der Waals surface area contributed by atoms with Gasteiger partial charge in [-0.25, -0.2) is 8.42 Å². The fraction of sp³-hybridized carbons (Fsp3) is 0.350. The summed E-state index contributed by atoms with van der Waals surface area (Å²) in [7, 11) is -3.71. The van der Waals surface area contributed by atoms with Crippen molar-refractivity contribution in [2.24, 2.45) is 0 Å². The minimum Gasteiger partial charge on any atom is -0.311 e. The van der Waals surface area contributed by atoms with Gasteiger partial charge in [-0.1, -0.05) is 25.1 Å². The van der Waals surface area contributed by atoms with E-state index in [1.54, 1.807) is 18.2 Å². The molecule has 2 aromatic carbocycles. The Morgan fingerprint density at radius 3 is 2.77 bits per heavy atom. The fourth-order valence-corrected chi connectivity index (χ4v) is 5.14. The molecule has 2 heterocycles. The molecule has 2 aliphatic heterocycles. The van der Waals surface area contributed by atoms with Crippen molar-refractivity contribution in [1.29, 1.82) is 0 Å². The van der Waals surface area contributed by atoms with E-state index in [2.05, 4.69) is 4.72 Å². The lowest BCUT2D eigenvalue weighted by molar-refractivity contribution is -0.119. The molecule has 1 atom stereocenters. The van der Waals surface area contributed by atoms with E-state index in [9.17, 15) is 13.2 Å². The predicted octanol–water partition coefficient (Wildman–Crippen LogP) is 3.45. The van der Waals surface area contributed by atoms with Crippen LogP contribution in [0.25, 0.3) is 0 Å². The Morgan fingerprint density at radius 1 is 1.23 bits per heavy atom. The molecular weight excluding hydrogens is 348 g/mol. The third kappa shape index (κ3) is 2.60. The summed E-state index contributed by atoms with van der Waals surface area (Å²) >= 11 is 0. The van der Waals surface area contributed by atoms with E-state index in [1.165, 1.54) is 0 Å². The van der Waals surface area contributed by atoms with Crippen LogP contribution in [0, 0.1) is 0 Å². The van der Waals surface area contributed by atoms with E-state index in [-0.39, 0.29) is 16.7 Å². The van der Waals surface area contributed by atoms with Crippen LogP contribution in [0.5, 0.6) is 0 Å². The summed E-state index contributed by atoms with van der Waals surface area (Å²) in [6.07, 6.45) is 2.41. The molecule has 0 bridgehead atoms. The Balaban J connectivity index is 1.78. The average Bonchev–Trinajstić information content (AvgIpc) is 2.88. The summed E-state index contributed by atoms with van der Waals surface area (Å²) in [6.45, 7) is 4.57. The number of carbonyl (C=O) groups is 1.